The van der Waals surface area contributed by atoms with E-state index in [-0.39, 0.29) is 18.0 Å². The second-order valence-electron chi connectivity index (χ2n) is 6.64. The van der Waals surface area contributed by atoms with Crippen LogP contribution in [0, 0.1) is 5.92 Å². The number of amides is 2. The maximum atomic E-state index is 11.7. The number of hydroxylamine groups is 2. The first kappa shape index (κ1) is 18.5. The molecule has 0 atom stereocenters. The third-order valence-corrected chi connectivity index (χ3v) is 3.59. The topological polar surface area (TPSA) is 67.9 Å². The lowest BCUT2D eigenvalue weighted by Crippen LogP contribution is -2.40. The number of alkyl carbamates (subject to hydrolysis) is 1. The normalized spacial score (nSPS) is 22.4. The van der Waals surface area contributed by atoms with E-state index in [1.807, 2.05) is 26.8 Å². The van der Waals surface area contributed by atoms with E-state index < -0.39 is 5.60 Å². The van der Waals surface area contributed by atoms with Crippen molar-refractivity contribution in [1.82, 2.24) is 10.4 Å². The fraction of sp³-hybridized carbons (Fsp3) is 0.750. The zero-order chi connectivity index (χ0) is 16.8. The molecule has 2 amide bonds. The molecule has 0 saturated heterocycles. The van der Waals surface area contributed by atoms with Crippen molar-refractivity contribution in [3.05, 3.63) is 12.2 Å². The van der Waals surface area contributed by atoms with Crippen molar-refractivity contribution in [3.8, 4) is 0 Å². The van der Waals surface area contributed by atoms with E-state index in [2.05, 4.69) is 5.32 Å². The van der Waals surface area contributed by atoms with Gasteiger partial charge in [-0.05, 0) is 52.4 Å². The summed E-state index contributed by atoms with van der Waals surface area (Å²) in [6.07, 6.45) is 6.80. The van der Waals surface area contributed by atoms with Crippen molar-refractivity contribution < 1.29 is 19.2 Å². The summed E-state index contributed by atoms with van der Waals surface area (Å²) < 4.78 is 5.26. The highest BCUT2D eigenvalue weighted by Gasteiger charge is 2.23. The second-order valence-corrected chi connectivity index (χ2v) is 6.64. The number of carbonyl (C=O) groups excluding carboxylic acids is 2. The van der Waals surface area contributed by atoms with Gasteiger partial charge in [0.05, 0.1) is 7.11 Å². The monoisotopic (exact) mass is 312 g/mol. The molecular formula is C16H28N2O4. The Balaban J connectivity index is 2.33. The zero-order valence-electron chi connectivity index (χ0n) is 14.2. The number of allylic oxidation sites excluding steroid dienone is 1. The van der Waals surface area contributed by atoms with E-state index in [0.717, 1.165) is 25.7 Å². The average Bonchev–Trinajstić information content (AvgIpc) is 2.43. The standard InChI is InChI=1S/C16H28N2O4/c1-16(2,3)22-15(20)17-13-9-6-12(7-10-13)8-11-14(19)18(4)21-5/h8,11-13H,6-7,9-10H2,1-5H3,(H,17,20)/t12-,13-. The van der Waals surface area contributed by atoms with Crippen LogP contribution in [0.4, 0.5) is 4.79 Å². The van der Waals surface area contributed by atoms with Crippen LogP contribution in [0.1, 0.15) is 46.5 Å². The fourth-order valence-electron chi connectivity index (χ4n) is 2.34. The van der Waals surface area contributed by atoms with Gasteiger partial charge >= 0.3 is 6.09 Å². The molecule has 0 heterocycles. The summed E-state index contributed by atoms with van der Waals surface area (Å²) in [5.74, 6) is 0.197. The Morgan fingerprint density at radius 1 is 1.18 bits per heavy atom. The first-order chi connectivity index (χ1) is 10.2. The highest BCUT2D eigenvalue weighted by atomic mass is 16.7. The molecule has 6 heteroatoms. The quantitative estimate of drug-likeness (QED) is 0.640. The minimum absolute atomic E-state index is 0.150. The number of nitrogens with one attached hydrogen (secondary N) is 1. The molecule has 0 bridgehead atoms. The molecule has 0 spiro atoms. The lowest BCUT2D eigenvalue weighted by molar-refractivity contribution is -0.162. The molecule has 126 valence electrons. The smallest absolute Gasteiger partial charge is 0.407 e. The summed E-state index contributed by atoms with van der Waals surface area (Å²) in [5, 5.41) is 4.09. The molecule has 0 unspecified atom stereocenters. The summed E-state index contributed by atoms with van der Waals surface area (Å²) >= 11 is 0. The Hall–Kier alpha value is -1.56. The van der Waals surface area contributed by atoms with E-state index in [4.69, 9.17) is 9.57 Å². The minimum Gasteiger partial charge on any atom is -0.444 e. The average molecular weight is 312 g/mol. The number of hydrogen-bond donors (Lipinski definition) is 1. The van der Waals surface area contributed by atoms with Crippen LogP contribution in [0.2, 0.25) is 0 Å². The molecule has 6 nitrogen and oxygen atoms in total. The van der Waals surface area contributed by atoms with Gasteiger partial charge in [0.15, 0.2) is 0 Å². The predicted octanol–water partition coefficient (Wildman–Crippen LogP) is 2.65. The fourth-order valence-corrected chi connectivity index (χ4v) is 2.34. The molecule has 22 heavy (non-hydrogen) atoms. The maximum absolute atomic E-state index is 11.7. The van der Waals surface area contributed by atoms with Gasteiger partial charge in [-0.2, -0.15) is 0 Å². The molecule has 0 aromatic heterocycles. The zero-order valence-corrected chi connectivity index (χ0v) is 14.2. The molecule has 1 N–H and O–H groups in total. The van der Waals surface area contributed by atoms with Crippen LogP contribution in [-0.2, 0) is 14.4 Å². The highest BCUT2D eigenvalue weighted by molar-refractivity contribution is 5.86. The van der Waals surface area contributed by atoms with Gasteiger partial charge in [-0.1, -0.05) is 6.08 Å². The van der Waals surface area contributed by atoms with Gasteiger partial charge < -0.3 is 10.1 Å². The van der Waals surface area contributed by atoms with Gasteiger partial charge in [0.25, 0.3) is 5.91 Å². The van der Waals surface area contributed by atoms with Gasteiger partial charge in [-0.3, -0.25) is 9.63 Å². The molecular weight excluding hydrogens is 284 g/mol. The van der Waals surface area contributed by atoms with Crippen LogP contribution in [0.3, 0.4) is 0 Å². The molecule has 0 aliphatic heterocycles. The van der Waals surface area contributed by atoms with Crippen LogP contribution in [0.25, 0.3) is 0 Å². The molecule has 0 aromatic rings. The highest BCUT2D eigenvalue weighted by Crippen LogP contribution is 2.25. The lowest BCUT2D eigenvalue weighted by atomic mass is 9.86. The summed E-state index contributed by atoms with van der Waals surface area (Å²) in [7, 11) is 3.04. The molecule has 0 radical (unpaired) electrons. The molecule has 0 aromatic carbocycles. The maximum Gasteiger partial charge on any atom is 0.407 e. The van der Waals surface area contributed by atoms with Gasteiger partial charge in [0.2, 0.25) is 0 Å². The number of likely N-dealkylation sites (N-methyl/N-ethyl adjacent to an activating group) is 1. The molecule has 1 rings (SSSR count). The van der Waals surface area contributed by atoms with Crippen molar-refractivity contribution in [2.24, 2.45) is 5.92 Å². The van der Waals surface area contributed by atoms with Gasteiger partial charge in [0, 0.05) is 19.2 Å². The molecule has 1 aliphatic rings. The third-order valence-electron chi connectivity index (χ3n) is 3.59. The van der Waals surface area contributed by atoms with Crippen molar-refractivity contribution in [2.75, 3.05) is 14.2 Å². The molecule has 1 fully saturated rings. The van der Waals surface area contributed by atoms with E-state index in [1.54, 1.807) is 13.1 Å². The summed E-state index contributed by atoms with van der Waals surface area (Å²) in [5.41, 5.74) is -0.474. The number of nitrogens with zero attached hydrogens (tertiary/aromatic N) is 1. The summed E-state index contributed by atoms with van der Waals surface area (Å²) in [6, 6.07) is 0.150. The Labute approximate surface area is 132 Å². The molecule has 1 saturated carbocycles. The van der Waals surface area contributed by atoms with Crippen LogP contribution < -0.4 is 5.32 Å². The first-order valence-corrected chi connectivity index (χ1v) is 7.71. The Morgan fingerprint density at radius 2 is 1.77 bits per heavy atom. The van der Waals surface area contributed by atoms with Crippen molar-refractivity contribution in [3.63, 3.8) is 0 Å². The van der Waals surface area contributed by atoms with E-state index in [0.29, 0.717) is 5.92 Å². The van der Waals surface area contributed by atoms with Gasteiger partial charge in [0.1, 0.15) is 5.60 Å². The van der Waals surface area contributed by atoms with Crippen molar-refractivity contribution in [1.29, 1.82) is 0 Å². The van der Waals surface area contributed by atoms with Crippen LogP contribution in [0.15, 0.2) is 12.2 Å². The Morgan fingerprint density at radius 3 is 2.27 bits per heavy atom. The van der Waals surface area contributed by atoms with Gasteiger partial charge in [-0.25, -0.2) is 9.86 Å². The minimum atomic E-state index is -0.474. The van der Waals surface area contributed by atoms with E-state index >= 15 is 0 Å². The Kier molecular flexibility index (Phi) is 6.87. The number of rotatable bonds is 4. The van der Waals surface area contributed by atoms with Crippen molar-refractivity contribution in [2.45, 2.75) is 58.1 Å². The van der Waals surface area contributed by atoms with Crippen LogP contribution in [-0.4, -0.2) is 42.9 Å². The SMILES string of the molecule is CON(C)C(=O)C=C[C@H]1CC[C@H](NC(=O)OC(C)(C)C)CC1. The summed E-state index contributed by atoms with van der Waals surface area (Å²) in [6.45, 7) is 5.55. The lowest BCUT2D eigenvalue weighted by Gasteiger charge is -2.28. The van der Waals surface area contributed by atoms with E-state index in [1.165, 1.54) is 12.2 Å². The second kappa shape index (κ2) is 8.17. The molecule has 1 aliphatic carbocycles. The Bertz CT molecular complexity index is 407. The van der Waals surface area contributed by atoms with Crippen LogP contribution in [0.5, 0.6) is 0 Å². The first-order valence-electron chi connectivity index (χ1n) is 7.71. The largest absolute Gasteiger partial charge is 0.444 e. The number of carbonyl (C=O) groups is 2. The van der Waals surface area contributed by atoms with Crippen LogP contribution >= 0.6 is 0 Å². The van der Waals surface area contributed by atoms with Gasteiger partial charge in [-0.15, -0.1) is 0 Å². The van der Waals surface area contributed by atoms with Crippen molar-refractivity contribution >= 4 is 12.0 Å². The summed E-state index contributed by atoms with van der Waals surface area (Å²) in [4.78, 5) is 28.1. The number of hydrogen-bond acceptors (Lipinski definition) is 4. The number of ether oxygens (including phenoxy) is 1. The third kappa shape index (κ3) is 6.93. The van der Waals surface area contributed by atoms with E-state index in [9.17, 15) is 9.59 Å². The predicted molar refractivity (Wildman–Crippen MR) is 84.0 cm³/mol.